The number of benzene rings is 3. The number of amides is 2. The number of aryl methyl sites for hydroxylation is 1. The van der Waals surface area contributed by atoms with Crippen LogP contribution in [0.3, 0.4) is 0 Å². The second kappa shape index (κ2) is 11.0. The molecule has 8 heteroatoms. The lowest BCUT2D eigenvalue weighted by Crippen LogP contribution is -2.24. The predicted molar refractivity (Wildman–Crippen MR) is 130 cm³/mol. The van der Waals surface area contributed by atoms with Gasteiger partial charge < -0.3 is 14.8 Å². The molecule has 31 heavy (non-hydrogen) atoms. The highest BCUT2D eigenvalue weighted by Gasteiger charge is 2.12. The highest BCUT2D eigenvalue weighted by molar-refractivity contribution is 9.10. The number of carbonyl (C=O) groups is 1. The highest BCUT2D eigenvalue weighted by Crippen LogP contribution is 2.36. The number of hydrogen-bond donors (Lipinski definition) is 2. The van der Waals surface area contributed by atoms with Gasteiger partial charge in [0.05, 0.1) is 17.8 Å². The lowest BCUT2D eigenvalue weighted by atomic mass is 10.2. The molecule has 6 nitrogen and oxygen atoms in total. The molecule has 160 valence electrons. The van der Waals surface area contributed by atoms with Crippen LogP contribution in [0.1, 0.15) is 16.7 Å². The van der Waals surface area contributed by atoms with Gasteiger partial charge in [-0.2, -0.15) is 5.10 Å². The van der Waals surface area contributed by atoms with Crippen LogP contribution in [0, 0.1) is 6.92 Å². The SMILES string of the molecule is COc1cc(C=NNC(=O)Nc2ccccc2C)cc(Br)c1OCc1ccc(Br)cc1. The fourth-order valence-corrected chi connectivity index (χ4v) is 3.56. The lowest BCUT2D eigenvalue weighted by molar-refractivity contribution is 0.252. The summed E-state index contributed by atoms with van der Waals surface area (Å²) in [6.07, 6.45) is 1.53. The van der Waals surface area contributed by atoms with E-state index in [1.54, 1.807) is 13.2 Å². The third-order valence-electron chi connectivity index (χ3n) is 4.32. The van der Waals surface area contributed by atoms with Gasteiger partial charge in [-0.05, 0) is 69.9 Å². The van der Waals surface area contributed by atoms with Crippen molar-refractivity contribution in [1.29, 1.82) is 0 Å². The van der Waals surface area contributed by atoms with E-state index in [0.717, 1.165) is 31.3 Å². The zero-order valence-corrected chi connectivity index (χ0v) is 20.2. The van der Waals surface area contributed by atoms with Crippen molar-refractivity contribution in [2.75, 3.05) is 12.4 Å². The van der Waals surface area contributed by atoms with Crippen LogP contribution in [-0.4, -0.2) is 19.4 Å². The molecule has 3 rings (SSSR count). The molecule has 2 N–H and O–H groups in total. The van der Waals surface area contributed by atoms with Gasteiger partial charge >= 0.3 is 6.03 Å². The van der Waals surface area contributed by atoms with Gasteiger partial charge in [0.25, 0.3) is 0 Å². The summed E-state index contributed by atoms with van der Waals surface area (Å²) in [6.45, 7) is 2.32. The van der Waals surface area contributed by atoms with Crippen LogP contribution in [-0.2, 0) is 6.61 Å². The summed E-state index contributed by atoms with van der Waals surface area (Å²) in [5.74, 6) is 1.14. The summed E-state index contributed by atoms with van der Waals surface area (Å²) in [5, 5.41) is 6.76. The standard InChI is InChI=1S/C23H21Br2N3O3/c1-15-5-3-4-6-20(15)27-23(29)28-26-13-17-11-19(25)22(21(12-17)30-2)31-14-16-7-9-18(24)10-8-16/h3-13H,14H2,1-2H3,(H2,27,28,29). The van der Waals surface area contributed by atoms with E-state index in [0.29, 0.717) is 18.1 Å². The fourth-order valence-electron chi connectivity index (χ4n) is 2.72. The van der Waals surface area contributed by atoms with Crippen LogP contribution in [0.2, 0.25) is 0 Å². The van der Waals surface area contributed by atoms with Crippen molar-refractivity contribution in [2.45, 2.75) is 13.5 Å². The second-order valence-corrected chi connectivity index (χ2v) is 8.36. The van der Waals surface area contributed by atoms with Gasteiger partial charge in [-0.25, -0.2) is 10.2 Å². The van der Waals surface area contributed by atoms with Gasteiger partial charge in [0, 0.05) is 10.2 Å². The summed E-state index contributed by atoms with van der Waals surface area (Å²) >= 11 is 6.95. The van der Waals surface area contributed by atoms with Crippen LogP contribution in [0.25, 0.3) is 0 Å². The number of nitrogens with zero attached hydrogens (tertiary/aromatic N) is 1. The number of hydrogen-bond acceptors (Lipinski definition) is 4. The van der Waals surface area contributed by atoms with E-state index in [4.69, 9.17) is 9.47 Å². The molecule has 0 bridgehead atoms. The minimum absolute atomic E-state index is 0.399. The molecule has 3 aromatic carbocycles. The van der Waals surface area contributed by atoms with Crippen molar-refractivity contribution >= 4 is 49.8 Å². The number of para-hydroxylation sites is 1. The molecule has 0 aliphatic carbocycles. The first kappa shape index (κ1) is 22.8. The zero-order chi connectivity index (χ0) is 22.2. The van der Waals surface area contributed by atoms with E-state index in [9.17, 15) is 4.79 Å². The van der Waals surface area contributed by atoms with Gasteiger partial charge in [-0.1, -0.05) is 46.3 Å². The first-order valence-corrected chi connectivity index (χ1v) is 11.0. The van der Waals surface area contributed by atoms with Crippen molar-refractivity contribution in [2.24, 2.45) is 5.10 Å². The number of urea groups is 1. The minimum Gasteiger partial charge on any atom is -0.493 e. The average Bonchev–Trinajstić information content (AvgIpc) is 2.75. The third-order valence-corrected chi connectivity index (χ3v) is 5.44. The van der Waals surface area contributed by atoms with Crippen LogP contribution in [0.5, 0.6) is 11.5 Å². The number of ether oxygens (including phenoxy) is 2. The number of nitrogens with one attached hydrogen (secondary N) is 2. The first-order chi connectivity index (χ1) is 15.0. The molecule has 0 saturated heterocycles. The number of halogens is 2. The largest absolute Gasteiger partial charge is 0.493 e. The van der Waals surface area contributed by atoms with Crippen LogP contribution < -0.4 is 20.2 Å². The molecule has 0 spiro atoms. The Morgan fingerprint density at radius 3 is 2.55 bits per heavy atom. The Morgan fingerprint density at radius 2 is 1.84 bits per heavy atom. The maximum atomic E-state index is 12.0. The van der Waals surface area contributed by atoms with Crippen molar-refractivity contribution in [1.82, 2.24) is 5.43 Å². The van der Waals surface area contributed by atoms with Gasteiger partial charge in [0.2, 0.25) is 0 Å². The van der Waals surface area contributed by atoms with Gasteiger partial charge in [0.15, 0.2) is 11.5 Å². The maximum absolute atomic E-state index is 12.0. The Labute approximate surface area is 197 Å². The Bertz CT molecular complexity index is 1090. The van der Waals surface area contributed by atoms with E-state index in [1.807, 2.05) is 61.5 Å². The van der Waals surface area contributed by atoms with E-state index >= 15 is 0 Å². The predicted octanol–water partition coefficient (Wildman–Crippen LogP) is 6.26. The highest BCUT2D eigenvalue weighted by atomic mass is 79.9. The zero-order valence-electron chi connectivity index (χ0n) is 17.0. The van der Waals surface area contributed by atoms with Crippen molar-refractivity contribution in [3.63, 3.8) is 0 Å². The smallest absolute Gasteiger partial charge is 0.339 e. The number of carbonyl (C=O) groups excluding carboxylic acids is 1. The Kier molecular flexibility index (Phi) is 8.08. The molecule has 0 radical (unpaired) electrons. The number of hydrazone groups is 1. The van der Waals surface area contributed by atoms with E-state index in [1.165, 1.54) is 6.21 Å². The first-order valence-electron chi connectivity index (χ1n) is 9.36. The third kappa shape index (κ3) is 6.57. The maximum Gasteiger partial charge on any atom is 0.339 e. The molecule has 0 fully saturated rings. The summed E-state index contributed by atoms with van der Waals surface area (Å²) in [5.41, 5.74) is 5.92. The van der Waals surface area contributed by atoms with E-state index in [-0.39, 0.29) is 0 Å². The molecule has 0 aliphatic rings. The Hall–Kier alpha value is -2.84. The van der Waals surface area contributed by atoms with Gasteiger partial charge in [-0.15, -0.1) is 0 Å². The Balaban J connectivity index is 1.64. The second-order valence-electron chi connectivity index (χ2n) is 6.59. The van der Waals surface area contributed by atoms with Gasteiger partial charge in [0.1, 0.15) is 6.61 Å². The van der Waals surface area contributed by atoms with Gasteiger partial charge in [-0.3, -0.25) is 0 Å². The summed E-state index contributed by atoms with van der Waals surface area (Å²) in [4.78, 5) is 12.0. The Morgan fingerprint density at radius 1 is 1.10 bits per heavy atom. The summed E-state index contributed by atoms with van der Waals surface area (Å²) in [6, 6.07) is 18.6. The number of anilines is 1. The molecule has 2 amide bonds. The molecule has 0 aliphatic heterocycles. The van der Waals surface area contributed by atoms with Crippen LogP contribution >= 0.6 is 31.9 Å². The molecule has 3 aromatic rings. The van der Waals surface area contributed by atoms with E-state index < -0.39 is 6.03 Å². The monoisotopic (exact) mass is 545 g/mol. The normalized spacial score (nSPS) is 10.7. The minimum atomic E-state index is -0.425. The van der Waals surface area contributed by atoms with Crippen LogP contribution in [0.4, 0.5) is 10.5 Å². The van der Waals surface area contributed by atoms with Crippen molar-refractivity contribution in [3.05, 3.63) is 86.3 Å². The molecule has 0 saturated carbocycles. The topological polar surface area (TPSA) is 72.0 Å². The molecule has 0 aromatic heterocycles. The molecule has 0 heterocycles. The summed E-state index contributed by atoms with van der Waals surface area (Å²) < 4.78 is 13.1. The summed E-state index contributed by atoms with van der Waals surface area (Å²) in [7, 11) is 1.57. The average molecular weight is 547 g/mol. The molecule has 0 unspecified atom stereocenters. The van der Waals surface area contributed by atoms with Crippen LogP contribution in [0.15, 0.2) is 74.7 Å². The van der Waals surface area contributed by atoms with E-state index in [2.05, 4.69) is 47.7 Å². The molecule has 0 atom stereocenters. The fraction of sp³-hybridized carbons (Fsp3) is 0.130. The molecular weight excluding hydrogens is 526 g/mol. The van der Waals surface area contributed by atoms with Crippen molar-refractivity contribution in [3.8, 4) is 11.5 Å². The molecular formula is C23H21Br2N3O3. The quantitative estimate of drug-likeness (QED) is 0.271. The van der Waals surface area contributed by atoms with Crippen molar-refractivity contribution < 1.29 is 14.3 Å². The lowest BCUT2D eigenvalue weighted by Gasteiger charge is -2.13. The number of rotatable bonds is 7. The number of methoxy groups -OCH3 is 1.